The predicted molar refractivity (Wildman–Crippen MR) is 102 cm³/mol. The van der Waals surface area contributed by atoms with E-state index in [1.165, 1.54) is 23.3 Å². The van der Waals surface area contributed by atoms with Crippen LogP contribution in [-0.4, -0.2) is 44.2 Å². The number of amides is 1. The maximum Gasteiger partial charge on any atom is 0.254 e. The SMILES string of the molecule is COCCN(Cc1cccs1)C(=O)c1cccc([C@@H]2CCCNC2)c1. The summed E-state index contributed by atoms with van der Waals surface area (Å²) in [5.41, 5.74) is 2.04. The summed E-state index contributed by atoms with van der Waals surface area (Å²) < 4.78 is 5.20. The Morgan fingerprint density at radius 2 is 2.28 bits per heavy atom. The molecule has 1 aliphatic heterocycles. The molecule has 1 amide bonds. The van der Waals surface area contributed by atoms with E-state index in [9.17, 15) is 4.79 Å². The van der Waals surface area contributed by atoms with Crippen molar-refractivity contribution in [2.24, 2.45) is 0 Å². The molecule has 0 bridgehead atoms. The van der Waals surface area contributed by atoms with Crippen molar-refractivity contribution in [3.05, 3.63) is 57.8 Å². The first-order chi connectivity index (χ1) is 12.3. The summed E-state index contributed by atoms with van der Waals surface area (Å²) in [5, 5.41) is 5.50. The molecular formula is C20H26N2O2S. The molecule has 2 heterocycles. The predicted octanol–water partition coefficient (Wildman–Crippen LogP) is 3.50. The molecule has 1 aromatic carbocycles. The van der Waals surface area contributed by atoms with E-state index in [2.05, 4.69) is 23.5 Å². The Hall–Kier alpha value is -1.69. The zero-order valence-electron chi connectivity index (χ0n) is 14.7. The van der Waals surface area contributed by atoms with Crippen LogP contribution < -0.4 is 5.32 Å². The number of benzene rings is 1. The number of ether oxygens (including phenoxy) is 1. The summed E-state index contributed by atoms with van der Waals surface area (Å²) in [6, 6.07) is 12.3. The molecule has 0 radical (unpaired) electrons. The molecular weight excluding hydrogens is 332 g/mol. The van der Waals surface area contributed by atoms with Crippen molar-refractivity contribution in [1.82, 2.24) is 10.2 Å². The van der Waals surface area contributed by atoms with Crippen LogP contribution in [0.3, 0.4) is 0 Å². The van der Waals surface area contributed by atoms with Crippen LogP contribution in [0.2, 0.25) is 0 Å². The van der Waals surface area contributed by atoms with Crippen molar-refractivity contribution < 1.29 is 9.53 Å². The number of piperidine rings is 1. The zero-order valence-corrected chi connectivity index (χ0v) is 15.6. The first-order valence-corrected chi connectivity index (χ1v) is 9.77. The molecule has 5 heteroatoms. The molecule has 3 rings (SSSR count). The second kappa shape index (κ2) is 9.13. The summed E-state index contributed by atoms with van der Waals surface area (Å²) in [6.07, 6.45) is 2.38. The molecule has 4 nitrogen and oxygen atoms in total. The van der Waals surface area contributed by atoms with Crippen molar-refractivity contribution in [3.63, 3.8) is 0 Å². The number of nitrogens with zero attached hydrogens (tertiary/aromatic N) is 1. The smallest absolute Gasteiger partial charge is 0.254 e. The summed E-state index contributed by atoms with van der Waals surface area (Å²) in [6.45, 7) is 3.88. The van der Waals surface area contributed by atoms with Gasteiger partial charge in [-0.1, -0.05) is 18.2 Å². The van der Waals surface area contributed by atoms with Gasteiger partial charge in [0.05, 0.1) is 13.2 Å². The van der Waals surface area contributed by atoms with Crippen LogP contribution in [0.15, 0.2) is 41.8 Å². The lowest BCUT2D eigenvalue weighted by atomic mass is 9.90. The minimum Gasteiger partial charge on any atom is -0.383 e. The average molecular weight is 359 g/mol. The third kappa shape index (κ3) is 4.91. The molecule has 25 heavy (non-hydrogen) atoms. The van der Waals surface area contributed by atoms with Gasteiger partial charge in [0.15, 0.2) is 0 Å². The van der Waals surface area contributed by atoms with E-state index in [4.69, 9.17) is 4.74 Å². The first kappa shape index (κ1) is 18.1. The van der Waals surface area contributed by atoms with Crippen molar-refractivity contribution in [2.75, 3.05) is 33.4 Å². The van der Waals surface area contributed by atoms with Crippen molar-refractivity contribution in [3.8, 4) is 0 Å². The van der Waals surface area contributed by atoms with E-state index in [0.29, 0.717) is 25.6 Å². The Morgan fingerprint density at radius 3 is 3.00 bits per heavy atom. The van der Waals surface area contributed by atoms with Gasteiger partial charge in [-0.05, 0) is 54.4 Å². The highest BCUT2D eigenvalue weighted by molar-refractivity contribution is 7.09. The quantitative estimate of drug-likeness (QED) is 0.824. The Balaban J connectivity index is 1.75. The summed E-state index contributed by atoms with van der Waals surface area (Å²) in [7, 11) is 1.67. The first-order valence-electron chi connectivity index (χ1n) is 8.89. The number of hydrogen-bond donors (Lipinski definition) is 1. The molecule has 1 aromatic heterocycles. The number of carbonyl (C=O) groups excluding carboxylic acids is 1. The lowest BCUT2D eigenvalue weighted by molar-refractivity contribution is 0.0682. The van der Waals surface area contributed by atoms with Gasteiger partial charge in [0.2, 0.25) is 0 Å². The number of thiophene rings is 1. The van der Waals surface area contributed by atoms with Gasteiger partial charge >= 0.3 is 0 Å². The second-order valence-electron chi connectivity index (χ2n) is 6.47. The Bertz CT molecular complexity index is 666. The second-order valence-corrected chi connectivity index (χ2v) is 7.50. The van der Waals surface area contributed by atoms with Crippen LogP contribution in [0.25, 0.3) is 0 Å². The van der Waals surface area contributed by atoms with Crippen LogP contribution in [0.4, 0.5) is 0 Å². The van der Waals surface area contributed by atoms with E-state index < -0.39 is 0 Å². The standard InChI is InChI=1S/C20H26N2O2S/c1-24-11-10-22(15-19-8-4-12-25-19)20(23)17-6-2-5-16(13-17)18-7-3-9-21-14-18/h2,4-6,8,12-13,18,21H,3,7,9-11,14-15H2,1H3/t18-/m1/s1. The molecule has 1 aliphatic rings. The number of nitrogens with one attached hydrogen (secondary N) is 1. The molecule has 0 aliphatic carbocycles. The van der Waals surface area contributed by atoms with Gasteiger partial charge in [0.1, 0.15) is 0 Å². The minimum atomic E-state index is 0.0797. The maximum atomic E-state index is 13.1. The zero-order chi connectivity index (χ0) is 17.5. The average Bonchev–Trinajstić information content (AvgIpc) is 3.18. The van der Waals surface area contributed by atoms with E-state index in [0.717, 1.165) is 18.7 Å². The fraction of sp³-hybridized carbons (Fsp3) is 0.450. The summed E-state index contributed by atoms with van der Waals surface area (Å²) >= 11 is 1.68. The van der Waals surface area contributed by atoms with Crippen LogP contribution >= 0.6 is 11.3 Å². The lowest BCUT2D eigenvalue weighted by Crippen LogP contribution is -2.33. The normalized spacial score (nSPS) is 17.4. The molecule has 0 unspecified atom stereocenters. The number of rotatable bonds is 7. The number of methoxy groups -OCH3 is 1. The molecule has 1 saturated heterocycles. The third-order valence-electron chi connectivity index (χ3n) is 4.68. The topological polar surface area (TPSA) is 41.6 Å². The highest BCUT2D eigenvalue weighted by Gasteiger charge is 2.20. The highest BCUT2D eigenvalue weighted by atomic mass is 32.1. The van der Waals surface area contributed by atoms with Gasteiger partial charge in [0.25, 0.3) is 5.91 Å². The maximum absolute atomic E-state index is 13.1. The van der Waals surface area contributed by atoms with Crippen LogP contribution in [0.1, 0.15) is 39.6 Å². The van der Waals surface area contributed by atoms with E-state index in [-0.39, 0.29) is 5.91 Å². The van der Waals surface area contributed by atoms with Crippen LogP contribution in [-0.2, 0) is 11.3 Å². The largest absolute Gasteiger partial charge is 0.383 e. The van der Waals surface area contributed by atoms with Gasteiger partial charge < -0.3 is 15.0 Å². The van der Waals surface area contributed by atoms with Crippen LogP contribution in [0.5, 0.6) is 0 Å². The van der Waals surface area contributed by atoms with Gasteiger partial charge in [-0.15, -0.1) is 11.3 Å². The van der Waals surface area contributed by atoms with Crippen molar-refractivity contribution >= 4 is 17.2 Å². The summed E-state index contributed by atoms with van der Waals surface area (Å²) in [4.78, 5) is 16.1. The van der Waals surface area contributed by atoms with Crippen LogP contribution in [0, 0.1) is 0 Å². The Morgan fingerprint density at radius 1 is 1.36 bits per heavy atom. The summed E-state index contributed by atoms with van der Waals surface area (Å²) in [5.74, 6) is 0.585. The third-order valence-corrected chi connectivity index (χ3v) is 5.54. The fourth-order valence-corrected chi connectivity index (χ4v) is 4.01. The molecule has 1 fully saturated rings. The van der Waals surface area contributed by atoms with E-state index in [1.54, 1.807) is 18.4 Å². The molecule has 2 aromatic rings. The van der Waals surface area contributed by atoms with E-state index in [1.807, 2.05) is 28.5 Å². The van der Waals surface area contributed by atoms with Gasteiger partial charge in [-0.25, -0.2) is 0 Å². The van der Waals surface area contributed by atoms with Crippen molar-refractivity contribution in [1.29, 1.82) is 0 Å². The molecule has 0 spiro atoms. The molecule has 1 atom stereocenters. The highest BCUT2D eigenvalue weighted by Crippen LogP contribution is 2.24. The van der Waals surface area contributed by atoms with Crippen molar-refractivity contribution in [2.45, 2.75) is 25.3 Å². The molecule has 0 saturated carbocycles. The lowest BCUT2D eigenvalue weighted by Gasteiger charge is -2.25. The molecule has 134 valence electrons. The van der Waals surface area contributed by atoms with Gasteiger partial charge in [-0.2, -0.15) is 0 Å². The van der Waals surface area contributed by atoms with Gasteiger partial charge in [0, 0.05) is 30.6 Å². The Kier molecular flexibility index (Phi) is 6.62. The molecule has 1 N–H and O–H groups in total. The number of carbonyl (C=O) groups is 1. The fourth-order valence-electron chi connectivity index (χ4n) is 3.29. The van der Waals surface area contributed by atoms with Gasteiger partial charge in [-0.3, -0.25) is 4.79 Å². The Labute approximate surface area is 153 Å². The monoisotopic (exact) mass is 358 g/mol. The number of hydrogen-bond acceptors (Lipinski definition) is 4. The van der Waals surface area contributed by atoms with E-state index >= 15 is 0 Å². The minimum absolute atomic E-state index is 0.0797.